The van der Waals surface area contributed by atoms with Gasteiger partial charge in [0.25, 0.3) is 11.6 Å². The van der Waals surface area contributed by atoms with E-state index in [0.717, 1.165) is 5.01 Å². The molecule has 23 heavy (non-hydrogen) atoms. The van der Waals surface area contributed by atoms with Gasteiger partial charge in [-0.2, -0.15) is 0 Å². The minimum absolute atomic E-state index is 0.0904. The Morgan fingerprint density at radius 1 is 1.43 bits per heavy atom. The first-order valence-electron chi connectivity index (χ1n) is 6.98. The van der Waals surface area contributed by atoms with E-state index in [1.165, 1.54) is 29.5 Å². The number of carbonyl (C=O) groups excluding carboxylic acids is 1. The van der Waals surface area contributed by atoms with Gasteiger partial charge in [0, 0.05) is 30.2 Å². The summed E-state index contributed by atoms with van der Waals surface area (Å²) in [5, 5.41) is 22.5. The van der Waals surface area contributed by atoms with Crippen LogP contribution < -0.4 is 5.32 Å². The van der Waals surface area contributed by atoms with Crippen LogP contribution in [0.3, 0.4) is 0 Å². The number of carbonyl (C=O) groups is 1. The Bertz CT molecular complexity index is 717. The largest absolute Gasteiger partial charge is 0.381 e. The van der Waals surface area contributed by atoms with E-state index in [1.54, 1.807) is 6.92 Å². The second-order valence-corrected chi connectivity index (χ2v) is 5.67. The van der Waals surface area contributed by atoms with E-state index in [4.69, 9.17) is 4.74 Å². The SMILES string of the molecule is CCOCCc1nnc(NC(=O)c2cccc([N+](=O)[O-])c2C)s1. The molecule has 0 aliphatic carbocycles. The first kappa shape index (κ1) is 17.0. The van der Waals surface area contributed by atoms with Gasteiger partial charge in [0.1, 0.15) is 5.01 Å². The highest BCUT2D eigenvalue weighted by Crippen LogP contribution is 2.23. The topological polar surface area (TPSA) is 107 Å². The highest BCUT2D eigenvalue weighted by Gasteiger charge is 2.19. The predicted molar refractivity (Wildman–Crippen MR) is 85.9 cm³/mol. The average molecular weight is 336 g/mol. The Labute approximate surface area is 136 Å². The molecule has 0 atom stereocenters. The van der Waals surface area contributed by atoms with E-state index < -0.39 is 10.8 Å². The van der Waals surface area contributed by atoms with Crippen LogP contribution in [-0.2, 0) is 11.2 Å². The first-order chi connectivity index (χ1) is 11.0. The second-order valence-electron chi connectivity index (χ2n) is 4.61. The number of anilines is 1. The minimum Gasteiger partial charge on any atom is -0.381 e. The summed E-state index contributed by atoms with van der Waals surface area (Å²) in [7, 11) is 0. The van der Waals surface area contributed by atoms with Crippen LogP contribution in [0.1, 0.15) is 27.9 Å². The minimum atomic E-state index is -0.511. The van der Waals surface area contributed by atoms with Gasteiger partial charge in [-0.1, -0.05) is 17.4 Å². The van der Waals surface area contributed by atoms with Crippen molar-refractivity contribution in [2.75, 3.05) is 18.5 Å². The normalized spacial score (nSPS) is 10.5. The van der Waals surface area contributed by atoms with Crippen molar-refractivity contribution in [1.82, 2.24) is 10.2 Å². The highest BCUT2D eigenvalue weighted by atomic mass is 32.1. The molecule has 0 saturated heterocycles. The van der Waals surface area contributed by atoms with E-state index in [-0.39, 0.29) is 11.3 Å². The number of aromatic nitrogens is 2. The van der Waals surface area contributed by atoms with Gasteiger partial charge < -0.3 is 4.74 Å². The molecule has 8 nitrogen and oxygen atoms in total. The summed E-state index contributed by atoms with van der Waals surface area (Å²) >= 11 is 1.25. The maximum atomic E-state index is 12.3. The quantitative estimate of drug-likeness (QED) is 0.473. The van der Waals surface area contributed by atoms with Crippen LogP contribution >= 0.6 is 11.3 Å². The lowest BCUT2D eigenvalue weighted by Gasteiger charge is -2.05. The van der Waals surface area contributed by atoms with Crippen molar-refractivity contribution in [3.63, 3.8) is 0 Å². The molecule has 0 spiro atoms. The molecule has 1 aromatic carbocycles. The molecule has 1 N–H and O–H groups in total. The number of hydrogen-bond acceptors (Lipinski definition) is 7. The molecule has 0 aliphatic rings. The van der Waals surface area contributed by atoms with Gasteiger partial charge in [0.2, 0.25) is 5.13 Å². The van der Waals surface area contributed by atoms with E-state index >= 15 is 0 Å². The summed E-state index contributed by atoms with van der Waals surface area (Å²) in [5.41, 5.74) is 0.466. The third kappa shape index (κ3) is 4.30. The van der Waals surface area contributed by atoms with Crippen LogP contribution in [0.2, 0.25) is 0 Å². The van der Waals surface area contributed by atoms with Gasteiger partial charge in [-0.3, -0.25) is 20.2 Å². The lowest BCUT2D eigenvalue weighted by atomic mass is 10.1. The number of benzene rings is 1. The smallest absolute Gasteiger partial charge is 0.273 e. The monoisotopic (exact) mass is 336 g/mol. The third-order valence-electron chi connectivity index (χ3n) is 3.10. The zero-order chi connectivity index (χ0) is 16.8. The fraction of sp³-hybridized carbons (Fsp3) is 0.357. The van der Waals surface area contributed by atoms with Crippen LogP contribution in [0.25, 0.3) is 0 Å². The third-order valence-corrected chi connectivity index (χ3v) is 4.00. The second kappa shape index (κ2) is 7.75. The Kier molecular flexibility index (Phi) is 5.72. The summed E-state index contributed by atoms with van der Waals surface area (Å²) < 4.78 is 5.24. The van der Waals surface area contributed by atoms with Gasteiger partial charge in [-0.15, -0.1) is 10.2 Å². The van der Waals surface area contributed by atoms with Crippen LogP contribution in [0.4, 0.5) is 10.8 Å². The van der Waals surface area contributed by atoms with E-state index in [0.29, 0.717) is 30.3 Å². The average Bonchev–Trinajstić information content (AvgIpc) is 2.94. The van der Waals surface area contributed by atoms with Gasteiger partial charge in [0.15, 0.2) is 0 Å². The molecule has 1 aromatic heterocycles. The molecule has 9 heteroatoms. The molecular weight excluding hydrogens is 320 g/mol. The van der Waals surface area contributed by atoms with Crippen molar-refractivity contribution in [2.45, 2.75) is 20.3 Å². The molecule has 0 saturated carbocycles. The summed E-state index contributed by atoms with van der Waals surface area (Å²) in [6, 6.07) is 4.38. The maximum absolute atomic E-state index is 12.3. The molecule has 0 unspecified atom stereocenters. The standard InChI is InChI=1S/C14H16N4O4S/c1-3-22-8-7-12-16-17-14(23-12)15-13(19)10-5-4-6-11(9(10)2)18(20)21/h4-6H,3,7-8H2,1-2H3,(H,15,17,19). The summed E-state index contributed by atoms with van der Waals surface area (Å²) in [6.45, 7) is 4.63. The molecule has 2 rings (SSSR count). The van der Waals surface area contributed by atoms with Crippen molar-refractivity contribution in [3.05, 3.63) is 44.4 Å². The van der Waals surface area contributed by atoms with Crippen molar-refractivity contribution < 1.29 is 14.5 Å². The Morgan fingerprint density at radius 2 is 2.22 bits per heavy atom. The molecule has 1 amide bonds. The van der Waals surface area contributed by atoms with Crippen molar-refractivity contribution in [3.8, 4) is 0 Å². The van der Waals surface area contributed by atoms with Gasteiger partial charge in [0.05, 0.1) is 11.5 Å². The maximum Gasteiger partial charge on any atom is 0.273 e. The van der Waals surface area contributed by atoms with Crippen molar-refractivity contribution in [1.29, 1.82) is 0 Å². The molecule has 0 aliphatic heterocycles. The fourth-order valence-electron chi connectivity index (χ4n) is 1.94. The van der Waals surface area contributed by atoms with Gasteiger partial charge in [-0.05, 0) is 19.9 Å². The van der Waals surface area contributed by atoms with Crippen molar-refractivity contribution >= 4 is 28.1 Å². The molecule has 0 fully saturated rings. The summed E-state index contributed by atoms with van der Waals surface area (Å²) in [4.78, 5) is 22.7. The number of rotatable bonds is 7. The molecular formula is C14H16N4O4S. The fourth-order valence-corrected chi connectivity index (χ4v) is 2.66. The number of hydrogen-bond donors (Lipinski definition) is 1. The van der Waals surface area contributed by atoms with E-state index in [9.17, 15) is 14.9 Å². The molecule has 1 heterocycles. The number of nitrogens with one attached hydrogen (secondary N) is 1. The van der Waals surface area contributed by atoms with Gasteiger partial charge >= 0.3 is 0 Å². The predicted octanol–water partition coefficient (Wildman–Crippen LogP) is 2.59. The first-order valence-corrected chi connectivity index (χ1v) is 7.80. The highest BCUT2D eigenvalue weighted by molar-refractivity contribution is 7.15. The van der Waals surface area contributed by atoms with Crippen LogP contribution in [0.15, 0.2) is 18.2 Å². The Hall–Kier alpha value is -2.39. The van der Waals surface area contributed by atoms with Gasteiger partial charge in [-0.25, -0.2) is 0 Å². The summed E-state index contributed by atoms with van der Waals surface area (Å²) in [6.07, 6.45) is 0.622. The number of nitrogens with zero attached hydrogens (tertiary/aromatic N) is 3. The van der Waals surface area contributed by atoms with Crippen LogP contribution in [0, 0.1) is 17.0 Å². The number of nitro benzene ring substituents is 1. The summed E-state index contributed by atoms with van der Waals surface area (Å²) in [5.74, 6) is -0.446. The molecule has 0 radical (unpaired) electrons. The molecule has 2 aromatic rings. The Balaban J connectivity index is 2.08. The lowest BCUT2D eigenvalue weighted by molar-refractivity contribution is -0.385. The Morgan fingerprint density at radius 3 is 2.91 bits per heavy atom. The lowest BCUT2D eigenvalue weighted by Crippen LogP contribution is -2.14. The number of amides is 1. The zero-order valence-corrected chi connectivity index (χ0v) is 13.6. The molecule has 0 bridgehead atoms. The zero-order valence-electron chi connectivity index (χ0n) is 12.7. The van der Waals surface area contributed by atoms with Crippen LogP contribution in [-0.4, -0.2) is 34.2 Å². The van der Waals surface area contributed by atoms with Crippen molar-refractivity contribution in [2.24, 2.45) is 0 Å². The molecule has 122 valence electrons. The van der Waals surface area contributed by atoms with E-state index in [1.807, 2.05) is 6.92 Å². The number of nitro groups is 1. The van der Waals surface area contributed by atoms with E-state index in [2.05, 4.69) is 15.5 Å². The van der Waals surface area contributed by atoms with Crippen LogP contribution in [0.5, 0.6) is 0 Å². The number of ether oxygens (including phenoxy) is 1.